The van der Waals surface area contributed by atoms with Crippen LogP contribution < -0.4 is 38.5 Å². The second-order valence-electron chi connectivity index (χ2n) is 24.4. The van der Waals surface area contributed by atoms with Gasteiger partial charge >= 0.3 is 0 Å². The number of ether oxygens (including phenoxy) is 4. The lowest BCUT2D eigenvalue weighted by atomic mass is 9.93. The molecule has 0 saturated heterocycles. The van der Waals surface area contributed by atoms with Gasteiger partial charge in [0.05, 0.1) is 54.9 Å². The van der Waals surface area contributed by atoms with E-state index in [2.05, 4.69) is 177 Å². The molecule has 13 aromatic rings. The van der Waals surface area contributed by atoms with Crippen LogP contribution in [0.25, 0.3) is 23.3 Å². The molecule has 12 nitrogen and oxygen atoms in total. The topological polar surface area (TPSA) is 131 Å². The van der Waals surface area contributed by atoms with Gasteiger partial charge in [-0.3, -0.25) is 0 Å². The summed E-state index contributed by atoms with van der Waals surface area (Å²) in [6, 6.07) is 107. The van der Waals surface area contributed by atoms with Crippen LogP contribution in [0.1, 0.15) is 55.6 Å². The third kappa shape index (κ3) is 15.5. The van der Waals surface area contributed by atoms with E-state index in [1.54, 1.807) is 28.4 Å². The van der Waals surface area contributed by atoms with E-state index in [-0.39, 0.29) is 26.4 Å². The first kappa shape index (κ1) is 68.1. The van der Waals surface area contributed by atoms with E-state index in [0.29, 0.717) is 0 Å². The smallest absolute Gasteiger partial charge is 0.119 e. The molecule has 0 amide bonds. The molecule has 0 aliphatic carbocycles. The first-order chi connectivity index (χ1) is 50.1. The molecule has 102 heavy (non-hydrogen) atoms. The molecule has 0 aromatic heterocycles. The van der Waals surface area contributed by atoms with Crippen LogP contribution in [0.2, 0.25) is 0 Å². The van der Waals surface area contributed by atoms with Crippen LogP contribution in [0.15, 0.2) is 315 Å². The highest BCUT2D eigenvalue weighted by molar-refractivity contribution is 5.95. The first-order valence-corrected chi connectivity index (χ1v) is 33.6. The Hall–Kier alpha value is -12.4. The Labute approximate surface area is 596 Å². The molecule has 506 valence electrons. The third-order valence-corrected chi connectivity index (χ3v) is 18.1. The fourth-order valence-corrected chi connectivity index (χ4v) is 12.6. The van der Waals surface area contributed by atoms with Crippen molar-refractivity contribution in [1.29, 1.82) is 0 Å². The van der Waals surface area contributed by atoms with Gasteiger partial charge in [0.15, 0.2) is 0 Å². The van der Waals surface area contributed by atoms with Crippen LogP contribution in [0, 0.1) is 0 Å². The van der Waals surface area contributed by atoms with Gasteiger partial charge in [0.25, 0.3) is 0 Å². The molecule has 0 aliphatic rings. The Morgan fingerprint density at radius 1 is 0.216 bits per heavy atom. The zero-order chi connectivity index (χ0) is 70.3. The minimum absolute atomic E-state index is 0.0515. The maximum absolute atomic E-state index is 9.99. The number of hydrogen-bond acceptors (Lipinski definition) is 12. The van der Waals surface area contributed by atoms with Gasteiger partial charge in [-0.2, -0.15) is 0 Å². The van der Waals surface area contributed by atoms with Crippen molar-refractivity contribution in [2.45, 2.75) is 26.4 Å². The number of aliphatic hydroxyl groups excluding tert-OH is 4. The molecule has 0 fully saturated rings. The lowest BCUT2D eigenvalue weighted by Crippen LogP contribution is -2.10. The molecule has 4 N–H and O–H groups in total. The van der Waals surface area contributed by atoms with Gasteiger partial charge in [-0.25, -0.2) is 0 Å². The van der Waals surface area contributed by atoms with E-state index >= 15 is 0 Å². The van der Waals surface area contributed by atoms with E-state index in [0.717, 1.165) is 158 Å². The summed E-state index contributed by atoms with van der Waals surface area (Å²) in [5, 5.41) is 39.9. The number of rotatable bonds is 26. The molecular weight excluding hydrogens is 1270 g/mol. The summed E-state index contributed by atoms with van der Waals surface area (Å²) >= 11 is 0. The Balaban J connectivity index is 0.909. The number of benzene rings is 13. The van der Waals surface area contributed by atoms with Gasteiger partial charge in [0, 0.05) is 68.2 Å². The highest BCUT2D eigenvalue weighted by Crippen LogP contribution is 2.43. The van der Waals surface area contributed by atoms with Crippen molar-refractivity contribution >= 4 is 91.5 Å². The van der Waals surface area contributed by atoms with Gasteiger partial charge in [-0.05, 0) is 273 Å². The minimum Gasteiger partial charge on any atom is -0.497 e. The van der Waals surface area contributed by atoms with Crippen molar-refractivity contribution in [3.63, 3.8) is 0 Å². The van der Waals surface area contributed by atoms with Crippen LogP contribution in [0.4, 0.5) is 68.2 Å². The quantitative estimate of drug-likeness (QED) is 0.0385. The highest BCUT2D eigenvalue weighted by atomic mass is 16.5. The maximum Gasteiger partial charge on any atom is 0.119 e. The maximum atomic E-state index is 9.99. The fraction of sp³-hybridized carbons (Fsp3) is 0.0889. The monoisotopic (exact) mass is 1340 g/mol. The van der Waals surface area contributed by atoms with Gasteiger partial charge in [-0.1, -0.05) is 121 Å². The number of methoxy groups -OCH3 is 4. The zero-order valence-electron chi connectivity index (χ0n) is 57.2. The average molecular weight is 1340 g/mol. The van der Waals surface area contributed by atoms with E-state index in [1.165, 1.54) is 0 Å². The third-order valence-electron chi connectivity index (χ3n) is 18.1. The fourth-order valence-electron chi connectivity index (χ4n) is 12.6. The highest BCUT2D eigenvalue weighted by Gasteiger charge is 2.21. The van der Waals surface area contributed by atoms with E-state index in [4.69, 9.17) is 18.9 Å². The summed E-state index contributed by atoms with van der Waals surface area (Å²) in [6.45, 7) is -0.230. The largest absolute Gasteiger partial charge is 0.497 e. The van der Waals surface area contributed by atoms with Crippen LogP contribution in [-0.2, 0) is 26.4 Å². The average Bonchev–Trinajstić information content (AvgIpc) is 0.803. The minimum atomic E-state index is -0.0621. The van der Waals surface area contributed by atoms with Gasteiger partial charge in [-0.15, -0.1) is 0 Å². The summed E-state index contributed by atoms with van der Waals surface area (Å²) in [4.78, 5) is 8.78. The lowest BCUT2D eigenvalue weighted by molar-refractivity contribution is 0.281. The number of nitrogens with zero attached hydrogens (tertiary/aromatic N) is 4. The van der Waals surface area contributed by atoms with E-state index < -0.39 is 0 Å². The molecule has 0 spiro atoms. The first-order valence-electron chi connectivity index (χ1n) is 33.6. The SMILES string of the molecule is COc1ccc(N(c2ccc(CO)cc2)c2ccc(/C(=C\c3ccc(/C=C(\c4ccc(N(c5ccc(CO)cc5)c5ccc(OC)cc5)cc4)c4ccc(N(c5ccc(OC)cc5)c5ccc(OC)cc5)cc4)cc3)c3ccc(N(c4ccc(CO)cc4)c4ccc(CO)cc4)cc3)cc2)cc1. The van der Waals surface area contributed by atoms with Crippen LogP contribution >= 0.6 is 0 Å². The Kier molecular flexibility index (Phi) is 21.4. The zero-order valence-corrected chi connectivity index (χ0v) is 57.2. The van der Waals surface area contributed by atoms with Crippen molar-refractivity contribution in [2.75, 3.05) is 48.0 Å². The molecule has 12 heteroatoms. The molecule has 0 bridgehead atoms. The molecule has 0 aliphatic heterocycles. The summed E-state index contributed by atoms with van der Waals surface area (Å²) < 4.78 is 22.3. The molecule has 0 heterocycles. The van der Waals surface area contributed by atoms with Crippen molar-refractivity contribution in [3.05, 3.63) is 371 Å². The van der Waals surface area contributed by atoms with Crippen molar-refractivity contribution in [2.24, 2.45) is 0 Å². The van der Waals surface area contributed by atoms with Crippen LogP contribution in [-0.4, -0.2) is 48.9 Å². The van der Waals surface area contributed by atoms with Crippen LogP contribution in [0.3, 0.4) is 0 Å². The van der Waals surface area contributed by atoms with Crippen molar-refractivity contribution < 1.29 is 39.4 Å². The number of anilines is 12. The Bertz CT molecular complexity index is 4120. The summed E-state index contributed by atoms with van der Waals surface area (Å²) in [7, 11) is 6.68. The molecule has 0 unspecified atom stereocenters. The molecule has 0 radical (unpaired) electrons. The van der Waals surface area contributed by atoms with Crippen molar-refractivity contribution in [3.8, 4) is 23.0 Å². The summed E-state index contributed by atoms with van der Waals surface area (Å²) in [6.07, 6.45) is 4.49. The molecule has 0 saturated carbocycles. The summed E-state index contributed by atoms with van der Waals surface area (Å²) in [5.41, 5.74) is 22.6. The summed E-state index contributed by atoms with van der Waals surface area (Å²) in [5.74, 6) is 3.05. The van der Waals surface area contributed by atoms with Crippen LogP contribution in [0.5, 0.6) is 23.0 Å². The molecule has 13 aromatic carbocycles. The van der Waals surface area contributed by atoms with Gasteiger partial charge in [0.2, 0.25) is 0 Å². The lowest BCUT2D eigenvalue weighted by Gasteiger charge is -2.26. The second kappa shape index (κ2) is 32.1. The standard InChI is InChI=1S/C90H78N4O8/c1-99-85-49-41-81(42-50-85)92(75-29-13-67(61-97)14-30-75)78-35-19-70(20-36-78)89(69-17-33-77(34-18-69)91(73-25-9-65(59-95)10-26-73)74-27-11-66(60-96)12-28-74)57-63-5-7-64(8-6-63)58-90(71-21-37-79(38-22-71)93(76-31-15-68(62-98)16-32-76)82-43-51-86(100-2)52-44-82)72-23-39-80(40-24-72)94(83-45-53-87(101-3)54-46-83)84-47-55-88(102-4)56-48-84/h5-58,95-98H,59-62H2,1-4H3/b89-57-,90-58+. The second-order valence-corrected chi connectivity index (χ2v) is 24.4. The number of aliphatic hydroxyl groups is 4. The number of hydrogen-bond donors (Lipinski definition) is 4. The Morgan fingerprint density at radius 2 is 0.363 bits per heavy atom. The van der Waals surface area contributed by atoms with Crippen molar-refractivity contribution in [1.82, 2.24) is 0 Å². The van der Waals surface area contributed by atoms with E-state index in [9.17, 15) is 20.4 Å². The predicted molar refractivity (Wildman–Crippen MR) is 415 cm³/mol. The normalized spacial score (nSPS) is 11.4. The molecular formula is C90H78N4O8. The molecule has 0 atom stereocenters. The van der Waals surface area contributed by atoms with Gasteiger partial charge in [0.1, 0.15) is 23.0 Å². The Morgan fingerprint density at radius 3 is 0.510 bits per heavy atom. The van der Waals surface area contributed by atoms with Gasteiger partial charge < -0.3 is 59.0 Å². The predicted octanol–water partition coefficient (Wildman–Crippen LogP) is 20.7. The van der Waals surface area contributed by atoms with E-state index in [1.807, 2.05) is 170 Å². The molecule has 13 rings (SSSR count).